The lowest BCUT2D eigenvalue weighted by Gasteiger charge is -2.30. The predicted octanol–water partition coefficient (Wildman–Crippen LogP) is 1.81. The summed E-state index contributed by atoms with van der Waals surface area (Å²) in [5, 5.41) is 0. The second-order valence-electron chi connectivity index (χ2n) is 4.01. The van der Waals surface area contributed by atoms with E-state index in [0.717, 1.165) is 19.4 Å². The summed E-state index contributed by atoms with van der Waals surface area (Å²) < 4.78 is 5.18. The van der Waals surface area contributed by atoms with Crippen molar-refractivity contribution < 1.29 is 9.53 Å². The molecule has 1 aliphatic rings. The molecule has 1 aliphatic heterocycles. The van der Waals surface area contributed by atoms with Gasteiger partial charge in [0, 0.05) is 6.42 Å². The molecular weight excluding hydrogens is 178 g/mol. The minimum absolute atomic E-state index is 0.0418. The molecule has 0 saturated carbocycles. The first-order chi connectivity index (χ1) is 6.72. The number of carbonyl (C=O) groups is 1. The van der Waals surface area contributed by atoms with E-state index < -0.39 is 0 Å². The lowest BCUT2D eigenvalue weighted by Crippen LogP contribution is -2.37. The Labute approximate surface area is 86.4 Å². The summed E-state index contributed by atoms with van der Waals surface area (Å²) in [4.78, 5) is 13.6. The molecule has 0 spiro atoms. The molecule has 1 rings (SSSR count). The van der Waals surface area contributed by atoms with Crippen LogP contribution in [0.25, 0.3) is 0 Å². The Morgan fingerprint density at radius 2 is 2.21 bits per heavy atom. The Morgan fingerprint density at radius 1 is 1.50 bits per heavy atom. The van der Waals surface area contributed by atoms with E-state index in [-0.39, 0.29) is 12.1 Å². The molecule has 0 radical (unpaired) electrons. The molecule has 1 saturated heterocycles. The second-order valence-corrected chi connectivity index (χ2v) is 4.01. The highest BCUT2D eigenvalue weighted by molar-refractivity contribution is 5.69. The van der Waals surface area contributed by atoms with Gasteiger partial charge in [-0.3, -0.25) is 4.79 Å². The van der Waals surface area contributed by atoms with Crippen LogP contribution in [-0.2, 0) is 9.53 Å². The van der Waals surface area contributed by atoms with Gasteiger partial charge in [0.15, 0.2) is 0 Å². The van der Waals surface area contributed by atoms with Gasteiger partial charge in [-0.15, -0.1) is 0 Å². The molecule has 1 heterocycles. The summed E-state index contributed by atoms with van der Waals surface area (Å²) in [7, 11) is 0. The SMILES string of the molecule is CCC(C)OC(=O)CCCN1CCC1. The fourth-order valence-electron chi connectivity index (χ4n) is 1.42. The zero-order chi connectivity index (χ0) is 10.4. The highest BCUT2D eigenvalue weighted by Crippen LogP contribution is 2.08. The number of nitrogens with zero attached hydrogens (tertiary/aromatic N) is 1. The van der Waals surface area contributed by atoms with Crippen LogP contribution in [0.4, 0.5) is 0 Å². The van der Waals surface area contributed by atoms with E-state index in [1.54, 1.807) is 0 Å². The maximum Gasteiger partial charge on any atom is 0.306 e. The van der Waals surface area contributed by atoms with Crippen molar-refractivity contribution >= 4 is 5.97 Å². The quantitative estimate of drug-likeness (QED) is 0.611. The first kappa shape index (κ1) is 11.5. The molecule has 82 valence electrons. The number of carbonyl (C=O) groups excluding carboxylic acids is 1. The van der Waals surface area contributed by atoms with Gasteiger partial charge in [0.2, 0.25) is 0 Å². The molecule has 0 aromatic rings. The van der Waals surface area contributed by atoms with E-state index in [1.165, 1.54) is 19.5 Å². The first-order valence-electron chi connectivity index (χ1n) is 5.64. The number of likely N-dealkylation sites (tertiary alicyclic amines) is 1. The number of hydrogen-bond acceptors (Lipinski definition) is 3. The van der Waals surface area contributed by atoms with Crippen molar-refractivity contribution in [3.8, 4) is 0 Å². The van der Waals surface area contributed by atoms with Crippen molar-refractivity contribution in [3.63, 3.8) is 0 Å². The Hall–Kier alpha value is -0.570. The highest BCUT2D eigenvalue weighted by atomic mass is 16.5. The van der Waals surface area contributed by atoms with Gasteiger partial charge in [-0.2, -0.15) is 0 Å². The summed E-state index contributed by atoms with van der Waals surface area (Å²) in [5.41, 5.74) is 0. The van der Waals surface area contributed by atoms with Crippen LogP contribution in [0.3, 0.4) is 0 Å². The van der Waals surface area contributed by atoms with Crippen molar-refractivity contribution in [2.24, 2.45) is 0 Å². The van der Waals surface area contributed by atoms with Crippen LogP contribution in [-0.4, -0.2) is 36.6 Å². The third-order valence-corrected chi connectivity index (χ3v) is 2.71. The molecule has 14 heavy (non-hydrogen) atoms. The van der Waals surface area contributed by atoms with Crippen LogP contribution in [0.5, 0.6) is 0 Å². The number of esters is 1. The molecular formula is C11H21NO2. The molecule has 3 heteroatoms. The minimum atomic E-state index is -0.0418. The van der Waals surface area contributed by atoms with Crippen LogP contribution in [0.2, 0.25) is 0 Å². The van der Waals surface area contributed by atoms with E-state index in [0.29, 0.717) is 6.42 Å². The number of rotatable bonds is 6. The third-order valence-electron chi connectivity index (χ3n) is 2.71. The van der Waals surface area contributed by atoms with Crippen LogP contribution in [0, 0.1) is 0 Å². The molecule has 0 N–H and O–H groups in total. The molecule has 0 amide bonds. The molecule has 0 aromatic heterocycles. The van der Waals surface area contributed by atoms with Gasteiger partial charge in [0.25, 0.3) is 0 Å². The van der Waals surface area contributed by atoms with Gasteiger partial charge >= 0.3 is 5.97 Å². The summed E-state index contributed by atoms with van der Waals surface area (Å²) in [6.45, 7) is 7.43. The molecule has 3 nitrogen and oxygen atoms in total. The zero-order valence-electron chi connectivity index (χ0n) is 9.29. The van der Waals surface area contributed by atoms with Crippen molar-refractivity contribution in [1.82, 2.24) is 4.90 Å². The third kappa shape index (κ3) is 4.09. The van der Waals surface area contributed by atoms with Gasteiger partial charge in [-0.25, -0.2) is 0 Å². The van der Waals surface area contributed by atoms with E-state index in [4.69, 9.17) is 4.74 Å². The maximum atomic E-state index is 11.3. The smallest absolute Gasteiger partial charge is 0.306 e. The van der Waals surface area contributed by atoms with E-state index >= 15 is 0 Å². The van der Waals surface area contributed by atoms with Crippen LogP contribution < -0.4 is 0 Å². The van der Waals surface area contributed by atoms with Crippen molar-refractivity contribution in [2.45, 2.75) is 45.6 Å². The molecule has 0 aliphatic carbocycles. The zero-order valence-corrected chi connectivity index (χ0v) is 9.29. The van der Waals surface area contributed by atoms with Gasteiger partial charge < -0.3 is 9.64 Å². The Morgan fingerprint density at radius 3 is 2.71 bits per heavy atom. The largest absolute Gasteiger partial charge is 0.463 e. The monoisotopic (exact) mass is 199 g/mol. The van der Waals surface area contributed by atoms with Gasteiger partial charge in [0.1, 0.15) is 0 Å². The summed E-state index contributed by atoms with van der Waals surface area (Å²) in [5.74, 6) is -0.0418. The average Bonchev–Trinajstić information content (AvgIpc) is 2.09. The molecule has 0 bridgehead atoms. The Kier molecular flexibility index (Phi) is 4.94. The Bertz CT molecular complexity index is 178. The van der Waals surface area contributed by atoms with Gasteiger partial charge in [0.05, 0.1) is 6.10 Å². The van der Waals surface area contributed by atoms with Gasteiger partial charge in [-0.05, 0) is 45.8 Å². The lowest BCUT2D eigenvalue weighted by atomic mass is 10.2. The van der Waals surface area contributed by atoms with Crippen LogP contribution in [0.1, 0.15) is 39.5 Å². The second kappa shape index (κ2) is 6.02. The lowest BCUT2D eigenvalue weighted by molar-refractivity contribution is -0.148. The number of ether oxygens (including phenoxy) is 1. The van der Waals surface area contributed by atoms with Crippen molar-refractivity contribution in [2.75, 3.05) is 19.6 Å². The molecule has 1 atom stereocenters. The molecule has 1 fully saturated rings. The van der Waals surface area contributed by atoms with Gasteiger partial charge in [-0.1, -0.05) is 6.92 Å². The fraction of sp³-hybridized carbons (Fsp3) is 0.909. The van der Waals surface area contributed by atoms with E-state index in [2.05, 4.69) is 4.90 Å². The Balaban J connectivity index is 1.96. The minimum Gasteiger partial charge on any atom is -0.463 e. The molecule has 0 aromatic carbocycles. The average molecular weight is 199 g/mol. The number of hydrogen-bond donors (Lipinski definition) is 0. The maximum absolute atomic E-state index is 11.3. The topological polar surface area (TPSA) is 29.5 Å². The summed E-state index contributed by atoms with van der Waals surface area (Å²) >= 11 is 0. The van der Waals surface area contributed by atoms with Crippen molar-refractivity contribution in [1.29, 1.82) is 0 Å². The standard InChI is InChI=1S/C11H21NO2/c1-3-10(2)14-11(13)6-4-7-12-8-5-9-12/h10H,3-9H2,1-2H3. The van der Waals surface area contributed by atoms with E-state index in [9.17, 15) is 4.79 Å². The summed E-state index contributed by atoms with van der Waals surface area (Å²) in [6, 6.07) is 0. The van der Waals surface area contributed by atoms with Crippen molar-refractivity contribution in [3.05, 3.63) is 0 Å². The highest BCUT2D eigenvalue weighted by Gasteiger charge is 2.14. The van der Waals surface area contributed by atoms with Crippen LogP contribution >= 0.6 is 0 Å². The van der Waals surface area contributed by atoms with E-state index in [1.807, 2.05) is 13.8 Å². The fourth-order valence-corrected chi connectivity index (χ4v) is 1.42. The molecule has 1 unspecified atom stereocenters. The first-order valence-corrected chi connectivity index (χ1v) is 5.64. The normalized spacial score (nSPS) is 18.7. The summed E-state index contributed by atoms with van der Waals surface area (Å²) in [6.07, 6.45) is 3.80. The van der Waals surface area contributed by atoms with Crippen LogP contribution in [0.15, 0.2) is 0 Å². The predicted molar refractivity (Wildman–Crippen MR) is 56.1 cm³/mol.